The number of hydrogen-bond acceptors (Lipinski definition) is 4. The van der Waals surface area contributed by atoms with Crippen LogP contribution in [0.25, 0.3) is 0 Å². The zero-order chi connectivity index (χ0) is 22.5. The van der Waals surface area contributed by atoms with Gasteiger partial charge < -0.3 is 15.4 Å². The third-order valence-corrected chi connectivity index (χ3v) is 6.43. The number of rotatable bonds is 6. The van der Waals surface area contributed by atoms with Crippen LogP contribution < -0.4 is 10.6 Å². The molecule has 1 atom stereocenters. The van der Waals surface area contributed by atoms with E-state index >= 15 is 0 Å². The van der Waals surface area contributed by atoms with Crippen LogP contribution in [0.1, 0.15) is 30.0 Å². The van der Waals surface area contributed by atoms with Crippen LogP contribution in [0.4, 0.5) is 4.79 Å². The minimum absolute atomic E-state index is 0.336. The van der Waals surface area contributed by atoms with Gasteiger partial charge in [-0.15, -0.1) is 0 Å². The standard InChI is InChI=1S/C25H28ClN3O3/c1-32-24(30)22-21(27-25(31)28-23(22)19-8-5-9-20(26)15-19)16-29-12-10-18(11-13-29)14-17-6-3-2-4-7-17/h2-9,15,18,23H,10-14,16H2,1H3,(H2,27,28,31)/t23-/m1/s1. The molecule has 1 fully saturated rings. The number of carbonyl (C=O) groups is 2. The average Bonchev–Trinajstić information content (AvgIpc) is 2.80. The van der Waals surface area contributed by atoms with Crippen molar-refractivity contribution in [1.82, 2.24) is 15.5 Å². The summed E-state index contributed by atoms with van der Waals surface area (Å²) in [5.41, 5.74) is 3.12. The van der Waals surface area contributed by atoms with Crippen LogP contribution in [0.15, 0.2) is 65.9 Å². The zero-order valence-corrected chi connectivity index (χ0v) is 18.9. The van der Waals surface area contributed by atoms with Crippen molar-refractivity contribution in [2.45, 2.75) is 25.3 Å². The molecule has 0 aromatic heterocycles. The molecule has 0 saturated carbocycles. The summed E-state index contributed by atoms with van der Waals surface area (Å²) < 4.78 is 5.07. The molecule has 0 radical (unpaired) electrons. The SMILES string of the molecule is COC(=O)C1=C(CN2CCC(Cc3ccccc3)CC2)NC(=O)N[C@@H]1c1cccc(Cl)c1. The predicted molar refractivity (Wildman–Crippen MR) is 124 cm³/mol. The molecule has 1 saturated heterocycles. The van der Waals surface area contributed by atoms with Gasteiger partial charge in [-0.1, -0.05) is 54.1 Å². The number of ether oxygens (including phenoxy) is 1. The van der Waals surface area contributed by atoms with E-state index in [1.54, 1.807) is 18.2 Å². The molecule has 4 rings (SSSR count). The van der Waals surface area contributed by atoms with E-state index in [1.807, 2.05) is 12.1 Å². The van der Waals surface area contributed by atoms with Crippen LogP contribution >= 0.6 is 11.6 Å². The number of esters is 1. The number of urea groups is 1. The average molecular weight is 454 g/mol. The van der Waals surface area contributed by atoms with Gasteiger partial charge in [-0.3, -0.25) is 4.90 Å². The zero-order valence-electron chi connectivity index (χ0n) is 18.1. The molecule has 2 heterocycles. The van der Waals surface area contributed by atoms with Crippen molar-refractivity contribution in [3.63, 3.8) is 0 Å². The maximum absolute atomic E-state index is 12.7. The summed E-state index contributed by atoms with van der Waals surface area (Å²) in [6.45, 7) is 2.33. The van der Waals surface area contributed by atoms with Gasteiger partial charge in [0.05, 0.1) is 18.7 Å². The van der Waals surface area contributed by atoms with Gasteiger partial charge in [0, 0.05) is 17.3 Å². The second-order valence-electron chi connectivity index (χ2n) is 8.38. The number of hydrogen-bond donors (Lipinski definition) is 2. The normalized spacial score (nSPS) is 19.9. The first-order valence-electron chi connectivity index (χ1n) is 10.9. The summed E-state index contributed by atoms with van der Waals surface area (Å²) in [7, 11) is 1.35. The lowest BCUT2D eigenvalue weighted by molar-refractivity contribution is -0.136. The van der Waals surface area contributed by atoms with Gasteiger partial charge >= 0.3 is 12.0 Å². The Morgan fingerprint density at radius 1 is 1.12 bits per heavy atom. The lowest BCUT2D eigenvalue weighted by atomic mass is 9.89. The summed E-state index contributed by atoms with van der Waals surface area (Å²) in [5.74, 6) is 0.181. The summed E-state index contributed by atoms with van der Waals surface area (Å²) in [6.07, 6.45) is 3.25. The molecule has 32 heavy (non-hydrogen) atoms. The van der Waals surface area contributed by atoms with E-state index in [0.29, 0.717) is 28.8 Å². The molecule has 0 aliphatic carbocycles. The second-order valence-corrected chi connectivity index (χ2v) is 8.82. The summed E-state index contributed by atoms with van der Waals surface area (Å²) in [6, 6.07) is 16.8. The molecule has 0 bridgehead atoms. The number of piperidine rings is 1. The van der Waals surface area contributed by atoms with Gasteiger partial charge in [0.25, 0.3) is 0 Å². The van der Waals surface area contributed by atoms with E-state index in [1.165, 1.54) is 12.7 Å². The maximum atomic E-state index is 12.7. The Labute approximate surface area is 193 Å². The van der Waals surface area contributed by atoms with Crippen LogP contribution in [-0.4, -0.2) is 43.6 Å². The highest BCUT2D eigenvalue weighted by Crippen LogP contribution is 2.30. The molecular formula is C25H28ClN3O3. The quantitative estimate of drug-likeness (QED) is 0.647. The molecule has 2 aromatic rings. The molecule has 168 valence electrons. The van der Waals surface area contributed by atoms with E-state index in [9.17, 15) is 9.59 Å². The fourth-order valence-electron chi connectivity index (χ4n) is 4.55. The minimum atomic E-state index is -0.611. The Balaban J connectivity index is 1.50. The van der Waals surface area contributed by atoms with Crippen molar-refractivity contribution in [2.24, 2.45) is 5.92 Å². The van der Waals surface area contributed by atoms with Gasteiger partial charge in [0.1, 0.15) is 0 Å². The van der Waals surface area contributed by atoms with Crippen LogP contribution in [0.5, 0.6) is 0 Å². The molecule has 6 nitrogen and oxygen atoms in total. The number of benzene rings is 2. The summed E-state index contributed by atoms with van der Waals surface area (Å²) >= 11 is 6.16. The Kier molecular flexibility index (Phi) is 7.12. The summed E-state index contributed by atoms with van der Waals surface area (Å²) in [4.78, 5) is 27.5. The largest absolute Gasteiger partial charge is 0.466 e. The second kappa shape index (κ2) is 10.2. The first-order chi connectivity index (χ1) is 15.5. The van der Waals surface area contributed by atoms with Crippen molar-refractivity contribution < 1.29 is 14.3 Å². The monoisotopic (exact) mass is 453 g/mol. The van der Waals surface area contributed by atoms with Crippen LogP contribution in [0.3, 0.4) is 0 Å². The number of carbonyl (C=O) groups excluding carboxylic acids is 2. The van der Waals surface area contributed by atoms with Crippen molar-refractivity contribution in [3.05, 3.63) is 82.0 Å². The first kappa shape index (κ1) is 22.4. The number of nitrogens with one attached hydrogen (secondary N) is 2. The Morgan fingerprint density at radius 2 is 1.88 bits per heavy atom. The van der Waals surface area contributed by atoms with Crippen LogP contribution in [0.2, 0.25) is 5.02 Å². The lowest BCUT2D eigenvalue weighted by Gasteiger charge is -2.35. The maximum Gasteiger partial charge on any atom is 0.338 e. The lowest BCUT2D eigenvalue weighted by Crippen LogP contribution is -2.49. The fourth-order valence-corrected chi connectivity index (χ4v) is 4.75. The van der Waals surface area contributed by atoms with E-state index < -0.39 is 12.0 Å². The van der Waals surface area contributed by atoms with Gasteiger partial charge in [0.2, 0.25) is 0 Å². The molecule has 2 aliphatic heterocycles. The molecule has 0 unspecified atom stereocenters. The molecular weight excluding hydrogens is 426 g/mol. The third kappa shape index (κ3) is 5.31. The highest BCUT2D eigenvalue weighted by atomic mass is 35.5. The van der Waals surface area contributed by atoms with Crippen molar-refractivity contribution in [1.29, 1.82) is 0 Å². The minimum Gasteiger partial charge on any atom is -0.466 e. The van der Waals surface area contributed by atoms with E-state index in [0.717, 1.165) is 37.9 Å². The number of methoxy groups -OCH3 is 1. The third-order valence-electron chi connectivity index (χ3n) is 6.20. The van der Waals surface area contributed by atoms with Crippen molar-refractivity contribution in [2.75, 3.05) is 26.7 Å². The molecule has 0 spiro atoms. The Bertz CT molecular complexity index is 1000. The van der Waals surface area contributed by atoms with E-state index in [-0.39, 0.29) is 6.03 Å². The highest BCUT2D eigenvalue weighted by molar-refractivity contribution is 6.30. The molecule has 7 heteroatoms. The predicted octanol–water partition coefficient (Wildman–Crippen LogP) is 4.08. The number of nitrogens with zero attached hydrogens (tertiary/aromatic N) is 1. The Morgan fingerprint density at radius 3 is 2.56 bits per heavy atom. The van der Waals surface area contributed by atoms with Crippen LogP contribution in [0, 0.1) is 5.92 Å². The number of halogens is 1. The molecule has 2 aliphatic rings. The highest BCUT2D eigenvalue weighted by Gasteiger charge is 2.34. The van der Waals surface area contributed by atoms with Crippen LogP contribution in [-0.2, 0) is 16.0 Å². The van der Waals surface area contributed by atoms with Gasteiger partial charge in [-0.2, -0.15) is 0 Å². The summed E-state index contributed by atoms with van der Waals surface area (Å²) in [5, 5.41) is 6.23. The molecule has 2 N–H and O–H groups in total. The topological polar surface area (TPSA) is 70.7 Å². The van der Waals surface area contributed by atoms with E-state index in [2.05, 4.69) is 39.8 Å². The van der Waals surface area contributed by atoms with Crippen molar-refractivity contribution in [3.8, 4) is 0 Å². The van der Waals surface area contributed by atoms with Gasteiger partial charge in [0.15, 0.2) is 0 Å². The molecule has 2 aromatic carbocycles. The smallest absolute Gasteiger partial charge is 0.338 e. The van der Waals surface area contributed by atoms with Crippen molar-refractivity contribution >= 4 is 23.6 Å². The molecule has 2 amide bonds. The Hall–Kier alpha value is -2.83. The van der Waals surface area contributed by atoms with E-state index in [4.69, 9.17) is 16.3 Å². The van der Waals surface area contributed by atoms with Gasteiger partial charge in [-0.05, 0) is 61.5 Å². The first-order valence-corrected chi connectivity index (χ1v) is 11.3. The van der Waals surface area contributed by atoms with Gasteiger partial charge in [-0.25, -0.2) is 9.59 Å². The number of amides is 2. The fraction of sp³-hybridized carbons (Fsp3) is 0.360. The number of likely N-dealkylation sites (tertiary alicyclic amines) is 1.